The minimum Gasteiger partial charge on any atom is -0.484 e. The van der Waals surface area contributed by atoms with Gasteiger partial charge in [0.2, 0.25) is 5.91 Å². The fourth-order valence-corrected chi connectivity index (χ4v) is 5.45. The summed E-state index contributed by atoms with van der Waals surface area (Å²) in [6, 6.07) is 3.79. The molecule has 14 heteroatoms. The highest BCUT2D eigenvalue weighted by Crippen LogP contribution is 2.34. The summed E-state index contributed by atoms with van der Waals surface area (Å²) < 4.78 is 25.5. The average molecular weight is 582 g/mol. The molecule has 2 heterocycles. The van der Waals surface area contributed by atoms with Crippen molar-refractivity contribution in [3.63, 3.8) is 0 Å². The second kappa shape index (κ2) is 12.9. The molecule has 2 aromatic heterocycles. The Labute approximate surface area is 231 Å². The van der Waals surface area contributed by atoms with Crippen molar-refractivity contribution in [3.8, 4) is 5.75 Å². The number of allylic oxidation sites excluding steroid dienone is 1. The van der Waals surface area contributed by atoms with Gasteiger partial charge in [-0.1, -0.05) is 29.4 Å². The molecule has 202 valence electrons. The lowest BCUT2D eigenvalue weighted by molar-refractivity contribution is -0.113. The van der Waals surface area contributed by atoms with Crippen LogP contribution < -0.4 is 10.1 Å². The first-order chi connectivity index (χ1) is 18.1. The van der Waals surface area contributed by atoms with Crippen molar-refractivity contribution in [1.29, 1.82) is 0 Å². The second-order valence-electron chi connectivity index (χ2n) is 7.95. The molecule has 0 radical (unpaired) electrons. The van der Waals surface area contributed by atoms with Gasteiger partial charge in [-0.3, -0.25) is 14.2 Å². The zero-order valence-corrected chi connectivity index (χ0v) is 23.4. The quantitative estimate of drug-likeness (QED) is 0.201. The van der Waals surface area contributed by atoms with Gasteiger partial charge in [0.15, 0.2) is 11.0 Å². The van der Waals surface area contributed by atoms with Crippen LogP contribution in [0, 0.1) is 12.7 Å². The van der Waals surface area contributed by atoms with E-state index >= 15 is 0 Å². The van der Waals surface area contributed by atoms with Crippen molar-refractivity contribution in [2.24, 2.45) is 0 Å². The summed E-state index contributed by atoms with van der Waals surface area (Å²) in [5, 5.41) is 11.7. The van der Waals surface area contributed by atoms with Gasteiger partial charge in [0.1, 0.15) is 23.2 Å². The van der Waals surface area contributed by atoms with Gasteiger partial charge in [0.25, 0.3) is 5.91 Å². The normalized spacial score (nSPS) is 10.7. The van der Waals surface area contributed by atoms with Crippen LogP contribution in [-0.4, -0.2) is 64.4 Å². The molecule has 0 aliphatic carbocycles. The van der Waals surface area contributed by atoms with Crippen LogP contribution in [0.4, 0.5) is 9.39 Å². The number of hydrogen-bond donors (Lipinski definition) is 1. The predicted molar refractivity (Wildman–Crippen MR) is 144 cm³/mol. The number of ether oxygens (including phenoxy) is 2. The Morgan fingerprint density at radius 2 is 2.05 bits per heavy atom. The second-order valence-corrected chi connectivity index (χ2v) is 10.3. The van der Waals surface area contributed by atoms with Crippen molar-refractivity contribution < 1.29 is 28.2 Å². The summed E-state index contributed by atoms with van der Waals surface area (Å²) in [6.07, 6.45) is 1.64. The van der Waals surface area contributed by atoms with Gasteiger partial charge >= 0.3 is 5.97 Å². The molecule has 0 fully saturated rings. The number of carbonyl (C=O) groups is 3. The fraction of sp³-hybridized carbons (Fsp3) is 0.292. The van der Waals surface area contributed by atoms with Gasteiger partial charge in [-0.2, -0.15) is 0 Å². The van der Waals surface area contributed by atoms with Gasteiger partial charge in [-0.15, -0.1) is 28.1 Å². The standard InChI is InChI=1S/C24H25ClFN5O5S2/c1-6-9-31-17(11-36-16-8-7-14(26)10-15(16)25)28-29-24(31)37-12-18(32)27-21-19(23(34)35-5)13(2)20(38-21)22(33)30(3)4/h6-8,10H,1,9,11-12H2,2-5H3,(H,27,32). The number of hydrogen-bond acceptors (Lipinski definition) is 9. The van der Waals surface area contributed by atoms with E-state index in [1.807, 2.05) is 0 Å². The minimum atomic E-state index is -0.656. The van der Waals surface area contributed by atoms with E-state index in [9.17, 15) is 18.8 Å². The third kappa shape index (κ3) is 6.71. The van der Waals surface area contributed by atoms with Crippen LogP contribution in [-0.2, 0) is 22.7 Å². The number of benzene rings is 1. The van der Waals surface area contributed by atoms with Crippen LogP contribution in [0.1, 0.15) is 31.4 Å². The monoisotopic (exact) mass is 581 g/mol. The van der Waals surface area contributed by atoms with Crippen molar-refractivity contribution >= 4 is 57.5 Å². The third-order valence-electron chi connectivity index (χ3n) is 5.08. The molecular formula is C24H25ClFN5O5S2. The first-order valence-corrected chi connectivity index (χ1v) is 13.2. The largest absolute Gasteiger partial charge is 0.484 e. The molecule has 0 atom stereocenters. The zero-order chi connectivity index (χ0) is 28.0. The van der Waals surface area contributed by atoms with Crippen LogP contribution in [0.3, 0.4) is 0 Å². The molecule has 3 aromatic rings. The summed E-state index contributed by atoms with van der Waals surface area (Å²) in [6.45, 7) is 5.71. The van der Waals surface area contributed by atoms with Gasteiger partial charge < -0.3 is 19.7 Å². The fourth-order valence-electron chi connectivity index (χ4n) is 3.23. The molecule has 38 heavy (non-hydrogen) atoms. The maximum absolute atomic E-state index is 13.3. The highest BCUT2D eigenvalue weighted by molar-refractivity contribution is 7.99. The molecule has 1 aromatic carbocycles. The Morgan fingerprint density at radius 1 is 1.32 bits per heavy atom. The van der Waals surface area contributed by atoms with E-state index in [2.05, 4.69) is 22.1 Å². The Bertz CT molecular complexity index is 1370. The molecule has 0 saturated heterocycles. The molecule has 2 amide bonds. The number of thioether (sulfide) groups is 1. The zero-order valence-electron chi connectivity index (χ0n) is 21.0. The average Bonchev–Trinajstić information content (AvgIpc) is 3.41. The van der Waals surface area contributed by atoms with E-state index in [-0.39, 0.29) is 39.6 Å². The van der Waals surface area contributed by atoms with Crippen molar-refractivity contribution in [1.82, 2.24) is 19.7 Å². The van der Waals surface area contributed by atoms with Gasteiger partial charge in [0.05, 0.1) is 28.3 Å². The number of rotatable bonds is 11. The predicted octanol–water partition coefficient (Wildman–Crippen LogP) is 4.42. The lowest BCUT2D eigenvalue weighted by Crippen LogP contribution is -2.21. The summed E-state index contributed by atoms with van der Waals surface area (Å²) >= 11 is 8.14. The van der Waals surface area contributed by atoms with E-state index in [0.29, 0.717) is 28.0 Å². The molecule has 3 rings (SSSR count). The first-order valence-electron chi connectivity index (χ1n) is 11.0. The number of amides is 2. The van der Waals surface area contributed by atoms with E-state index in [1.54, 1.807) is 31.7 Å². The topological polar surface area (TPSA) is 116 Å². The molecule has 0 aliphatic rings. The van der Waals surface area contributed by atoms with Gasteiger partial charge in [0, 0.05) is 20.6 Å². The minimum absolute atomic E-state index is 0.00140. The number of thiophene rings is 1. The SMILES string of the molecule is C=CCn1c(COc2ccc(F)cc2Cl)nnc1SCC(=O)Nc1sc(C(=O)N(C)C)c(C)c1C(=O)OC. The van der Waals surface area contributed by atoms with E-state index in [1.165, 1.54) is 24.1 Å². The molecular weight excluding hydrogens is 557 g/mol. The van der Waals surface area contributed by atoms with Crippen LogP contribution in [0.25, 0.3) is 0 Å². The lowest BCUT2D eigenvalue weighted by Gasteiger charge is -2.10. The van der Waals surface area contributed by atoms with Gasteiger partial charge in [-0.05, 0) is 30.7 Å². The Balaban J connectivity index is 1.73. The first kappa shape index (κ1) is 29.1. The Kier molecular flexibility index (Phi) is 9.89. The van der Waals surface area contributed by atoms with E-state index in [0.717, 1.165) is 29.2 Å². The van der Waals surface area contributed by atoms with Crippen LogP contribution in [0.5, 0.6) is 5.75 Å². The van der Waals surface area contributed by atoms with Crippen LogP contribution >= 0.6 is 34.7 Å². The lowest BCUT2D eigenvalue weighted by atomic mass is 10.1. The summed E-state index contributed by atoms with van der Waals surface area (Å²) in [5.41, 5.74) is 0.565. The molecule has 0 unspecified atom stereocenters. The number of nitrogens with one attached hydrogen (secondary N) is 1. The number of anilines is 1. The van der Waals surface area contributed by atoms with Crippen molar-refractivity contribution in [2.75, 3.05) is 32.3 Å². The van der Waals surface area contributed by atoms with Crippen molar-refractivity contribution in [2.45, 2.75) is 25.2 Å². The molecule has 0 saturated carbocycles. The Morgan fingerprint density at radius 3 is 2.68 bits per heavy atom. The van der Waals surface area contributed by atoms with Crippen LogP contribution in [0.15, 0.2) is 36.0 Å². The molecule has 10 nitrogen and oxygen atoms in total. The van der Waals surface area contributed by atoms with E-state index in [4.69, 9.17) is 21.1 Å². The number of methoxy groups -OCH3 is 1. The number of esters is 1. The van der Waals surface area contributed by atoms with Crippen LogP contribution in [0.2, 0.25) is 5.02 Å². The van der Waals surface area contributed by atoms with E-state index < -0.39 is 17.7 Å². The number of nitrogens with zero attached hydrogens (tertiary/aromatic N) is 4. The summed E-state index contributed by atoms with van der Waals surface area (Å²) in [4.78, 5) is 39.4. The maximum Gasteiger partial charge on any atom is 0.341 e. The number of carbonyl (C=O) groups excluding carboxylic acids is 3. The molecule has 1 N–H and O–H groups in total. The number of aromatic nitrogens is 3. The third-order valence-corrected chi connectivity index (χ3v) is 7.54. The summed E-state index contributed by atoms with van der Waals surface area (Å²) in [7, 11) is 4.43. The van der Waals surface area contributed by atoms with Crippen molar-refractivity contribution in [3.05, 3.63) is 63.5 Å². The summed E-state index contributed by atoms with van der Waals surface area (Å²) in [5.74, 6) is -1.18. The molecule has 0 aliphatic heterocycles. The molecule has 0 spiro atoms. The highest BCUT2D eigenvalue weighted by atomic mass is 35.5. The van der Waals surface area contributed by atoms with Gasteiger partial charge in [-0.25, -0.2) is 9.18 Å². The smallest absolute Gasteiger partial charge is 0.341 e. The highest BCUT2D eigenvalue weighted by Gasteiger charge is 2.27. The molecule has 0 bridgehead atoms. The Hall–Kier alpha value is -3.42. The maximum atomic E-state index is 13.3. The number of halogens is 2.